The van der Waals surface area contributed by atoms with Gasteiger partial charge in [0.25, 0.3) is 0 Å². The second-order valence-electron chi connectivity index (χ2n) is 5.19. The van der Waals surface area contributed by atoms with Gasteiger partial charge in [0.15, 0.2) is 0 Å². The SMILES string of the molecule is C[C@H](NC(=O)COC1(C)CNC1)c1cccc(F)c1. The van der Waals surface area contributed by atoms with E-state index in [9.17, 15) is 9.18 Å². The minimum Gasteiger partial charge on any atom is -0.363 e. The van der Waals surface area contributed by atoms with E-state index >= 15 is 0 Å². The molecule has 4 nitrogen and oxygen atoms in total. The maximum Gasteiger partial charge on any atom is 0.246 e. The van der Waals surface area contributed by atoms with Crippen molar-refractivity contribution >= 4 is 5.91 Å². The van der Waals surface area contributed by atoms with Gasteiger partial charge in [0.1, 0.15) is 12.4 Å². The smallest absolute Gasteiger partial charge is 0.246 e. The second kappa shape index (κ2) is 5.67. The molecule has 1 heterocycles. The van der Waals surface area contributed by atoms with Crippen LogP contribution in [0.4, 0.5) is 4.39 Å². The van der Waals surface area contributed by atoms with Crippen LogP contribution in [0.15, 0.2) is 24.3 Å². The van der Waals surface area contributed by atoms with Crippen LogP contribution in [-0.4, -0.2) is 31.2 Å². The van der Waals surface area contributed by atoms with E-state index in [1.807, 2.05) is 13.8 Å². The molecule has 0 saturated carbocycles. The number of amides is 1. The third kappa shape index (κ3) is 3.75. The van der Waals surface area contributed by atoms with Crippen LogP contribution >= 0.6 is 0 Å². The molecule has 0 unspecified atom stereocenters. The Balaban J connectivity index is 1.81. The van der Waals surface area contributed by atoms with Crippen molar-refractivity contribution in [3.8, 4) is 0 Å². The monoisotopic (exact) mass is 266 g/mol. The lowest BCUT2D eigenvalue weighted by Crippen LogP contribution is -2.59. The summed E-state index contributed by atoms with van der Waals surface area (Å²) in [7, 11) is 0. The van der Waals surface area contributed by atoms with Crippen molar-refractivity contribution < 1.29 is 13.9 Å². The number of hydrogen-bond acceptors (Lipinski definition) is 3. The van der Waals surface area contributed by atoms with Crippen molar-refractivity contribution in [2.75, 3.05) is 19.7 Å². The van der Waals surface area contributed by atoms with E-state index in [1.54, 1.807) is 12.1 Å². The first-order valence-electron chi connectivity index (χ1n) is 6.38. The molecule has 5 heteroatoms. The first kappa shape index (κ1) is 14.0. The summed E-state index contributed by atoms with van der Waals surface area (Å²) in [5.74, 6) is -0.493. The minimum atomic E-state index is -0.303. The Morgan fingerprint density at radius 3 is 2.89 bits per heavy atom. The molecule has 1 fully saturated rings. The average Bonchev–Trinajstić information content (AvgIpc) is 2.34. The predicted molar refractivity (Wildman–Crippen MR) is 70.2 cm³/mol. The maximum absolute atomic E-state index is 13.1. The Bertz CT molecular complexity index is 461. The largest absolute Gasteiger partial charge is 0.363 e. The highest BCUT2D eigenvalue weighted by Gasteiger charge is 2.33. The molecule has 19 heavy (non-hydrogen) atoms. The zero-order valence-electron chi connectivity index (χ0n) is 11.2. The third-order valence-electron chi connectivity index (χ3n) is 3.28. The standard InChI is InChI=1S/C14H19FN2O2/c1-10(11-4-3-5-12(15)6-11)17-13(18)7-19-14(2)8-16-9-14/h3-6,10,16H,7-9H2,1-2H3,(H,17,18)/t10-/m0/s1. The number of nitrogens with one attached hydrogen (secondary N) is 2. The van der Waals surface area contributed by atoms with Crippen LogP contribution in [0.2, 0.25) is 0 Å². The summed E-state index contributed by atoms with van der Waals surface area (Å²) >= 11 is 0. The molecular formula is C14H19FN2O2. The quantitative estimate of drug-likeness (QED) is 0.846. The number of hydrogen-bond donors (Lipinski definition) is 2. The molecule has 1 amide bonds. The van der Waals surface area contributed by atoms with Gasteiger partial charge in [-0.15, -0.1) is 0 Å². The van der Waals surface area contributed by atoms with E-state index < -0.39 is 0 Å². The number of benzene rings is 1. The van der Waals surface area contributed by atoms with E-state index in [0.29, 0.717) is 0 Å². The van der Waals surface area contributed by atoms with E-state index in [2.05, 4.69) is 10.6 Å². The molecule has 1 aromatic rings. The predicted octanol–water partition coefficient (Wildman–Crippen LogP) is 1.38. The van der Waals surface area contributed by atoms with E-state index in [1.165, 1.54) is 12.1 Å². The van der Waals surface area contributed by atoms with Gasteiger partial charge >= 0.3 is 0 Å². The molecule has 0 aromatic heterocycles. The van der Waals surface area contributed by atoms with Gasteiger partial charge in [-0.05, 0) is 31.5 Å². The highest BCUT2D eigenvalue weighted by atomic mass is 19.1. The Labute approximate surface area is 112 Å². The lowest BCUT2D eigenvalue weighted by molar-refractivity contribution is -0.136. The Kier molecular flexibility index (Phi) is 4.17. The van der Waals surface area contributed by atoms with Crippen LogP contribution in [-0.2, 0) is 9.53 Å². The summed E-state index contributed by atoms with van der Waals surface area (Å²) in [4.78, 5) is 11.7. The molecule has 0 aliphatic carbocycles. The fourth-order valence-corrected chi connectivity index (χ4v) is 1.96. The van der Waals surface area contributed by atoms with Crippen LogP contribution in [0.25, 0.3) is 0 Å². The van der Waals surface area contributed by atoms with Crippen molar-refractivity contribution in [3.05, 3.63) is 35.6 Å². The van der Waals surface area contributed by atoms with E-state index in [-0.39, 0.29) is 30.0 Å². The van der Waals surface area contributed by atoms with E-state index in [0.717, 1.165) is 18.7 Å². The molecule has 104 valence electrons. The van der Waals surface area contributed by atoms with Crippen LogP contribution in [0, 0.1) is 5.82 Å². The zero-order valence-corrected chi connectivity index (χ0v) is 11.2. The van der Waals surface area contributed by atoms with E-state index in [4.69, 9.17) is 4.74 Å². The zero-order chi connectivity index (χ0) is 13.9. The van der Waals surface area contributed by atoms with Gasteiger partial charge in [-0.25, -0.2) is 4.39 Å². The van der Waals surface area contributed by atoms with Gasteiger partial charge in [0.2, 0.25) is 5.91 Å². The van der Waals surface area contributed by atoms with Crippen LogP contribution in [0.5, 0.6) is 0 Å². The first-order chi connectivity index (χ1) is 8.98. The molecule has 1 aromatic carbocycles. The summed E-state index contributed by atoms with van der Waals surface area (Å²) in [5, 5.41) is 5.89. The Morgan fingerprint density at radius 1 is 1.58 bits per heavy atom. The number of rotatable bonds is 5. The van der Waals surface area contributed by atoms with Gasteiger partial charge in [-0.3, -0.25) is 4.79 Å². The summed E-state index contributed by atoms with van der Waals surface area (Å²) in [6.07, 6.45) is 0. The Morgan fingerprint density at radius 2 is 2.32 bits per heavy atom. The molecular weight excluding hydrogens is 247 g/mol. The third-order valence-corrected chi connectivity index (χ3v) is 3.28. The highest BCUT2D eigenvalue weighted by molar-refractivity contribution is 5.77. The lowest BCUT2D eigenvalue weighted by Gasteiger charge is -2.38. The number of carbonyl (C=O) groups excluding carboxylic acids is 1. The van der Waals surface area contributed by atoms with Crippen LogP contribution in [0.3, 0.4) is 0 Å². The summed E-state index contributed by atoms with van der Waals surface area (Å²) in [5.41, 5.74) is 0.504. The molecule has 2 N–H and O–H groups in total. The van der Waals surface area contributed by atoms with Gasteiger partial charge in [-0.2, -0.15) is 0 Å². The summed E-state index contributed by atoms with van der Waals surface area (Å²) in [6.45, 7) is 5.34. The topological polar surface area (TPSA) is 50.4 Å². The van der Waals surface area contributed by atoms with Crippen LogP contribution in [0.1, 0.15) is 25.5 Å². The van der Waals surface area contributed by atoms with Gasteiger partial charge in [0.05, 0.1) is 11.6 Å². The average molecular weight is 266 g/mol. The fourth-order valence-electron chi connectivity index (χ4n) is 1.96. The minimum absolute atomic E-state index is 0.0256. The van der Waals surface area contributed by atoms with Crippen molar-refractivity contribution in [2.24, 2.45) is 0 Å². The molecule has 1 aliphatic heterocycles. The molecule has 0 bridgehead atoms. The maximum atomic E-state index is 13.1. The Hall–Kier alpha value is -1.46. The van der Waals surface area contributed by atoms with Crippen molar-refractivity contribution in [3.63, 3.8) is 0 Å². The van der Waals surface area contributed by atoms with Crippen molar-refractivity contribution in [2.45, 2.75) is 25.5 Å². The molecule has 1 atom stereocenters. The molecule has 0 radical (unpaired) electrons. The van der Waals surface area contributed by atoms with Gasteiger partial charge in [-0.1, -0.05) is 12.1 Å². The van der Waals surface area contributed by atoms with Crippen molar-refractivity contribution in [1.29, 1.82) is 0 Å². The normalized spacial score (nSPS) is 18.5. The van der Waals surface area contributed by atoms with Gasteiger partial charge < -0.3 is 15.4 Å². The molecule has 2 rings (SSSR count). The lowest BCUT2D eigenvalue weighted by atomic mass is 10.0. The summed E-state index contributed by atoms with van der Waals surface area (Å²) in [6, 6.07) is 5.98. The number of carbonyl (C=O) groups is 1. The highest BCUT2D eigenvalue weighted by Crippen LogP contribution is 2.16. The number of halogens is 1. The van der Waals surface area contributed by atoms with Crippen LogP contribution < -0.4 is 10.6 Å². The number of ether oxygens (including phenoxy) is 1. The summed E-state index contributed by atoms with van der Waals surface area (Å²) < 4.78 is 18.6. The molecule has 1 aliphatic rings. The molecule has 1 saturated heterocycles. The van der Waals surface area contributed by atoms with Crippen molar-refractivity contribution in [1.82, 2.24) is 10.6 Å². The fraction of sp³-hybridized carbons (Fsp3) is 0.500. The van der Waals surface area contributed by atoms with Gasteiger partial charge in [0, 0.05) is 13.1 Å². The molecule has 0 spiro atoms. The first-order valence-corrected chi connectivity index (χ1v) is 6.38. The second-order valence-corrected chi connectivity index (χ2v) is 5.19.